The lowest BCUT2D eigenvalue weighted by atomic mass is 10.2. The van der Waals surface area contributed by atoms with Crippen LogP contribution < -0.4 is 0 Å². The number of carbonyl (C=O) groups excluding carboxylic acids is 1. The third kappa shape index (κ3) is 5.04. The summed E-state index contributed by atoms with van der Waals surface area (Å²) >= 11 is 0. The Balaban J connectivity index is 2.12. The molecule has 1 fully saturated rings. The van der Waals surface area contributed by atoms with Crippen LogP contribution in [0.25, 0.3) is 0 Å². The molecule has 1 rings (SSSR count). The zero-order valence-corrected chi connectivity index (χ0v) is 11.6. The molecule has 0 aromatic heterocycles. The third-order valence-corrected chi connectivity index (χ3v) is 3.66. The highest BCUT2D eigenvalue weighted by Crippen LogP contribution is 2.03. The van der Waals surface area contributed by atoms with Crippen molar-refractivity contribution in [1.82, 2.24) is 14.7 Å². The summed E-state index contributed by atoms with van der Waals surface area (Å²) in [7, 11) is 0. The molecule has 0 aliphatic carbocycles. The van der Waals surface area contributed by atoms with Gasteiger partial charge in [-0.15, -0.1) is 0 Å². The molecule has 1 amide bonds. The van der Waals surface area contributed by atoms with Gasteiger partial charge in [-0.2, -0.15) is 0 Å². The standard InChI is InChI=1S/C13H27N3O/c1-4-14(5-2)7-6-8-15-9-11-16(12-10-15)13(3)17/h4-12H2,1-3H3. The lowest BCUT2D eigenvalue weighted by Gasteiger charge is -2.34. The largest absolute Gasteiger partial charge is 0.340 e. The topological polar surface area (TPSA) is 26.8 Å². The molecule has 0 N–H and O–H groups in total. The third-order valence-electron chi connectivity index (χ3n) is 3.66. The minimum Gasteiger partial charge on any atom is -0.340 e. The molecule has 0 aromatic carbocycles. The second-order valence-electron chi connectivity index (χ2n) is 4.73. The van der Waals surface area contributed by atoms with Crippen molar-refractivity contribution in [3.05, 3.63) is 0 Å². The summed E-state index contributed by atoms with van der Waals surface area (Å²) in [6.45, 7) is 14.6. The summed E-state index contributed by atoms with van der Waals surface area (Å²) in [4.78, 5) is 18.1. The van der Waals surface area contributed by atoms with Gasteiger partial charge in [-0.05, 0) is 32.6 Å². The molecule has 0 unspecified atom stereocenters. The Morgan fingerprint density at radius 3 is 2.18 bits per heavy atom. The van der Waals surface area contributed by atoms with Crippen molar-refractivity contribution >= 4 is 5.91 Å². The Bertz CT molecular complexity index is 221. The van der Waals surface area contributed by atoms with Gasteiger partial charge in [-0.25, -0.2) is 0 Å². The molecule has 0 atom stereocenters. The van der Waals surface area contributed by atoms with E-state index >= 15 is 0 Å². The number of carbonyl (C=O) groups is 1. The minimum atomic E-state index is 0.216. The van der Waals surface area contributed by atoms with Crippen LogP contribution in [-0.4, -0.2) is 73.0 Å². The van der Waals surface area contributed by atoms with E-state index in [1.165, 1.54) is 19.5 Å². The van der Waals surface area contributed by atoms with Crippen molar-refractivity contribution in [2.45, 2.75) is 27.2 Å². The summed E-state index contributed by atoms with van der Waals surface area (Å²) in [6.07, 6.45) is 1.24. The first kappa shape index (κ1) is 14.5. The molecular weight excluding hydrogens is 214 g/mol. The SMILES string of the molecule is CCN(CC)CCCN1CCN(C(C)=O)CC1. The fraction of sp³-hybridized carbons (Fsp3) is 0.923. The maximum atomic E-state index is 11.2. The first-order chi connectivity index (χ1) is 8.17. The average Bonchev–Trinajstić information content (AvgIpc) is 2.35. The zero-order valence-electron chi connectivity index (χ0n) is 11.6. The molecular formula is C13H27N3O. The first-order valence-corrected chi connectivity index (χ1v) is 6.87. The van der Waals surface area contributed by atoms with E-state index in [1.807, 2.05) is 4.90 Å². The van der Waals surface area contributed by atoms with Crippen molar-refractivity contribution in [3.63, 3.8) is 0 Å². The Labute approximate surface area is 106 Å². The van der Waals surface area contributed by atoms with Crippen LogP contribution in [0.3, 0.4) is 0 Å². The van der Waals surface area contributed by atoms with E-state index in [0.29, 0.717) is 0 Å². The Morgan fingerprint density at radius 2 is 1.71 bits per heavy atom. The summed E-state index contributed by atoms with van der Waals surface area (Å²) < 4.78 is 0. The van der Waals surface area contributed by atoms with Crippen LogP contribution in [0.15, 0.2) is 0 Å². The number of piperazine rings is 1. The molecule has 4 nitrogen and oxygen atoms in total. The number of hydrogen-bond acceptors (Lipinski definition) is 3. The summed E-state index contributed by atoms with van der Waals surface area (Å²) in [6, 6.07) is 0. The van der Waals surface area contributed by atoms with Crippen molar-refractivity contribution < 1.29 is 4.79 Å². The van der Waals surface area contributed by atoms with Crippen molar-refractivity contribution in [2.24, 2.45) is 0 Å². The molecule has 0 aromatic rings. The predicted octanol–water partition coefficient (Wildman–Crippen LogP) is 0.882. The van der Waals surface area contributed by atoms with Crippen LogP contribution in [-0.2, 0) is 4.79 Å². The van der Waals surface area contributed by atoms with Crippen LogP contribution >= 0.6 is 0 Å². The van der Waals surface area contributed by atoms with Gasteiger partial charge >= 0.3 is 0 Å². The average molecular weight is 241 g/mol. The quantitative estimate of drug-likeness (QED) is 0.691. The van der Waals surface area contributed by atoms with Gasteiger partial charge in [-0.1, -0.05) is 13.8 Å². The van der Waals surface area contributed by atoms with E-state index in [1.54, 1.807) is 6.92 Å². The number of hydrogen-bond donors (Lipinski definition) is 0. The molecule has 17 heavy (non-hydrogen) atoms. The highest BCUT2D eigenvalue weighted by atomic mass is 16.2. The van der Waals surface area contributed by atoms with Gasteiger partial charge in [0, 0.05) is 33.1 Å². The lowest BCUT2D eigenvalue weighted by Crippen LogP contribution is -2.48. The maximum absolute atomic E-state index is 11.2. The molecule has 1 saturated heterocycles. The van der Waals surface area contributed by atoms with Gasteiger partial charge < -0.3 is 9.80 Å². The van der Waals surface area contributed by atoms with E-state index < -0.39 is 0 Å². The molecule has 0 saturated carbocycles. The second kappa shape index (κ2) is 7.67. The van der Waals surface area contributed by atoms with Crippen LogP contribution in [0.4, 0.5) is 0 Å². The molecule has 1 heterocycles. The molecule has 1 aliphatic rings. The van der Waals surface area contributed by atoms with Gasteiger partial charge in [0.05, 0.1) is 0 Å². The second-order valence-corrected chi connectivity index (χ2v) is 4.73. The highest BCUT2D eigenvalue weighted by molar-refractivity contribution is 5.73. The lowest BCUT2D eigenvalue weighted by molar-refractivity contribution is -0.130. The summed E-state index contributed by atoms with van der Waals surface area (Å²) in [5, 5.41) is 0. The van der Waals surface area contributed by atoms with E-state index in [9.17, 15) is 4.79 Å². The smallest absolute Gasteiger partial charge is 0.219 e. The fourth-order valence-corrected chi connectivity index (χ4v) is 2.34. The summed E-state index contributed by atoms with van der Waals surface area (Å²) in [5.74, 6) is 0.216. The summed E-state index contributed by atoms with van der Waals surface area (Å²) in [5.41, 5.74) is 0. The maximum Gasteiger partial charge on any atom is 0.219 e. The number of amides is 1. The highest BCUT2D eigenvalue weighted by Gasteiger charge is 2.17. The predicted molar refractivity (Wildman–Crippen MR) is 71.1 cm³/mol. The van der Waals surface area contributed by atoms with Crippen LogP contribution in [0.1, 0.15) is 27.2 Å². The Hall–Kier alpha value is -0.610. The van der Waals surface area contributed by atoms with Gasteiger partial charge in [0.2, 0.25) is 5.91 Å². The van der Waals surface area contributed by atoms with E-state index in [-0.39, 0.29) is 5.91 Å². The van der Waals surface area contributed by atoms with Crippen molar-refractivity contribution in [2.75, 3.05) is 52.4 Å². The Kier molecular flexibility index (Phi) is 6.52. The van der Waals surface area contributed by atoms with Gasteiger partial charge in [0.1, 0.15) is 0 Å². The van der Waals surface area contributed by atoms with Crippen LogP contribution in [0.2, 0.25) is 0 Å². The first-order valence-electron chi connectivity index (χ1n) is 6.87. The number of nitrogens with zero attached hydrogens (tertiary/aromatic N) is 3. The van der Waals surface area contributed by atoms with Gasteiger partial charge in [-0.3, -0.25) is 9.69 Å². The van der Waals surface area contributed by atoms with Gasteiger partial charge in [0.25, 0.3) is 0 Å². The Morgan fingerprint density at radius 1 is 1.12 bits per heavy atom. The van der Waals surface area contributed by atoms with Crippen molar-refractivity contribution in [3.8, 4) is 0 Å². The molecule has 0 bridgehead atoms. The van der Waals surface area contributed by atoms with E-state index in [2.05, 4.69) is 23.6 Å². The molecule has 0 spiro atoms. The van der Waals surface area contributed by atoms with Crippen LogP contribution in [0.5, 0.6) is 0 Å². The van der Waals surface area contributed by atoms with E-state index in [0.717, 1.165) is 39.3 Å². The molecule has 0 radical (unpaired) electrons. The van der Waals surface area contributed by atoms with Gasteiger partial charge in [0.15, 0.2) is 0 Å². The monoisotopic (exact) mass is 241 g/mol. The van der Waals surface area contributed by atoms with Crippen molar-refractivity contribution in [1.29, 1.82) is 0 Å². The van der Waals surface area contributed by atoms with Crippen LogP contribution in [0, 0.1) is 0 Å². The minimum absolute atomic E-state index is 0.216. The molecule has 4 heteroatoms. The van der Waals surface area contributed by atoms with E-state index in [4.69, 9.17) is 0 Å². The molecule has 1 aliphatic heterocycles. The zero-order chi connectivity index (χ0) is 12.7. The normalized spacial score (nSPS) is 17.8. The molecule has 100 valence electrons. The number of rotatable bonds is 6. The fourth-order valence-electron chi connectivity index (χ4n) is 2.34.